The number of benzene rings is 1. The zero-order valence-electron chi connectivity index (χ0n) is 12.8. The van der Waals surface area contributed by atoms with Crippen molar-refractivity contribution in [2.24, 2.45) is 0 Å². The molecule has 0 atom stereocenters. The van der Waals surface area contributed by atoms with Crippen LogP contribution < -0.4 is 0 Å². The van der Waals surface area contributed by atoms with Crippen LogP contribution in [0.1, 0.15) is 46.4 Å². The van der Waals surface area contributed by atoms with E-state index in [1.54, 1.807) is 24.3 Å². The second kappa shape index (κ2) is 8.19. The lowest BCUT2D eigenvalue weighted by Crippen LogP contribution is -2.32. The van der Waals surface area contributed by atoms with Gasteiger partial charge in [0.25, 0.3) is 11.8 Å². The number of carbonyl (C=O) groups is 3. The summed E-state index contributed by atoms with van der Waals surface area (Å²) in [5.41, 5.74) is 0.727. The standard InChI is InChI=1S/C16H16Cl3NO4/c17-16(18,19)8-3-4-10-24-13(21)7-9-20-14(22)11-5-1-2-6-12(11)15(20)23/h1-2,5-6H,3-4,7-10H2. The van der Waals surface area contributed by atoms with Gasteiger partial charge in [0.1, 0.15) is 0 Å². The molecule has 0 aromatic heterocycles. The van der Waals surface area contributed by atoms with Gasteiger partial charge in [-0.1, -0.05) is 46.9 Å². The molecule has 0 radical (unpaired) electrons. The molecule has 24 heavy (non-hydrogen) atoms. The molecule has 0 bridgehead atoms. The van der Waals surface area contributed by atoms with Crippen LogP contribution in [0.2, 0.25) is 0 Å². The average molecular weight is 393 g/mol. The van der Waals surface area contributed by atoms with Crippen LogP contribution in [0, 0.1) is 0 Å². The summed E-state index contributed by atoms with van der Waals surface area (Å²) < 4.78 is 3.75. The molecular weight excluding hydrogens is 377 g/mol. The number of fused-ring (bicyclic) bond motifs is 1. The second-order valence-corrected chi connectivity index (χ2v) is 7.87. The van der Waals surface area contributed by atoms with E-state index < -0.39 is 9.76 Å². The Morgan fingerprint density at radius 2 is 1.62 bits per heavy atom. The molecule has 0 aliphatic carbocycles. The molecular formula is C16H16Cl3NO4. The van der Waals surface area contributed by atoms with E-state index in [2.05, 4.69) is 0 Å². The third kappa shape index (κ3) is 5.10. The number of amides is 2. The fraction of sp³-hybridized carbons (Fsp3) is 0.438. The Balaban J connectivity index is 1.71. The van der Waals surface area contributed by atoms with Gasteiger partial charge in [-0.05, 0) is 31.4 Å². The molecule has 130 valence electrons. The van der Waals surface area contributed by atoms with Gasteiger partial charge in [0.15, 0.2) is 3.79 Å². The van der Waals surface area contributed by atoms with E-state index in [1.807, 2.05) is 0 Å². The van der Waals surface area contributed by atoms with Crippen molar-refractivity contribution in [2.45, 2.75) is 29.5 Å². The molecule has 0 N–H and O–H groups in total. The van der Waals surface area contributed by atoms with Crippen LogP contribution in [0.15, 0.2) is 24.3 Å². The van der Waals surface area contributed by atoms with Crippen molar-refractivity contribution in [3.63, 3.8) is 0 Å². The van der Waals surface area contributed by atoms with Gasteiger partial charge in [-0.15, -0.1) is 0 Å². The molecule has 0 unspecified atom stereocenters. The van der Waals surface area contributed by atoms with Crippen molar-refractivity contribution in [2.75, 3.05) is 13.2 Å². The molecule has 2 amide bonds. The number of unbranched alkanes of at least 4 members (excludes halogenated alkanes) is 1. The quantitative estimate of drug-likeness (QED) is 0.307. The van der Waals surface area contributed by atoms with Crippen LogP contribution >= 0.6 is 34.8 Å². The summed E-state index contributed by atoms with van der Waals surface area (Å²) in [5, 5.41) is 0. The van der Waals surface area contributed by atoms with Crippen molar-refractivity contribution in [1.29, 1.82) is 0 Å². The summed E-state index contributed by atoms with van der Waals surface area (Å²) in [5.74, 6) is -1.24. The third-order valence-electron chi connectivity index (χ3n) is 3.54. The highest BCUT2D eigenvalue weighted by Gasteiger charge is 2.35. The van der Waals surface area contributed by atoms with Crippen LogP contribution in [0.25, 0.3) is 0 Å². The minimum atomic E-state index is -1.30. The molecule has 0 saturated heterocycles. The normalized spacial score (nSPS) is 14.0. The zero-order valence-corrected chi connectivity index (χ0v) is 15.0. The van der Waals surface area contributed by atoms with Gasteiger partial charge < -0.3 is 4.74 Å². The smallest absolute Gasteiger partial charge is 0.307 e. The molecule has 8 heteroatoms. The van der Waals surface area contributed by atoms with E-state index >= 15 is 0 Å². The molecule has 1 aliphatic rings. The first kappa shape index (κ1) is 19.0. The Kier molecular flexibility index (Phi) is 6.49. The van der Waals surface area contributed by atoms with Gasteiger partial charge in [0.05, 0.1) is 24.2 Å². The molecule has 1 aromatic carbocycles. The number of hydrogen-bond acceptors (Lipinski definition) is 4. The minimum absolute atomic E-state index is 0.000664. The average Bonchev–Trinajstić information content (AvgIpc) is 2.76. The summed E-state index contributed by atoms with van der Waals surface area (Å²) in [6.45, 7) is 0.209. The van der Waals surface area contributed by atoms with Gasteiger partial charge in [-0.3, -0.25) is 19.3 Å². The number of esters is 1. The lowest BCUT2D eigenvalue weighted by Gasteiger charge is -2.13. The largest absolute Gasteiger partial charge is 0.466 e. The first-order valence-electron chi connectivity index (χ1n) is 7.47. The molecule has 1 aromatic rings. The SMILES string of the molecule is O=C(CCN1C(=O)c2ccccc2C1=O)OCCCCC(Cl)(Cl)Cl. The summed E-state index contributed by atoms with van der Waals surface area (Å²) in [4.78, 5) is 37.0. The Hall–Kier alpha value is -1.30. The van der Waals surface area contributed by atoms with E-state index in [0.717, 1.165) is 4.90 Å². The first-order valence-corrected chi connectivity index (χ1v) is 8.60. The molecule has 0 spiro atoms. The molecule has 2 rings (SSSR count). The van der Waals surface area contributed by atoms with Gasteiger partial charge in [-0.25, -0.2) is 0 Å². The highest BCUT2D eigenvalue weighted by atomic mass is 35.6. The van der Waals surface area contributed by atoms with E-state index in [-0.39, 0.29) is 31.4 Å². The maximum atomic E-state index is 12.1. The Morgan fingerprint density at radius 1 is 1.04 bits per heavy atom. The van der Waals surface area contributed by atoms with Crippen LogP contribution in [-0.4, -0.2) is 39.6 Å². The number of halogens is 3. The van der Waals surface area contributed by atoms with E-state index in [9.17, 15) is 14.4 Å². The number of alkyl halides is 3. The number of carbonyl (C=O) groups excluding carboxylic acids is 3. The van der Waals surface area contributed by atoms with E-state index in [0.29, 0.717) is 30.4 Å². The summed E-state index contributed by atoms with van der Waals surface area (Å²) in [6, 6.07) is 6.58. The number of hydrogen-bond donors (Lipinski definition) is 0. The minimum Gasteiger partial charge on any atom is -0.466 e. The fourth-order valence-electron chi connectivity index (χ4n) is 2.33. The van der Waals surface area contributed by atoms with Crippen molar-refractivity contribution in [1.82, 2.24) is 4.90 Å². The zero-order chi connectivity index (χ0) is 17.7. The fourth-order valence-corrected chi connectivity index (χ4v) is 2.73. The van der Waals surface area contributed by atoms with Crippen molar-refractivity contribution >= 4 is 52.6 Å². The number of ether oxygens (including phenoxy) is 1. The van der Waals surface area contributed by atoms with Gasteiger partial charge >= 0.3 is 5.97 Å². The highest BCUT2D eigenvalue weighted by molar-refractivity contribution is 6.67. The highest BCUT2D eigenvalue weighted by Crippen LogP contribution is 2.31. The van der Waals surface area contributed by atoms with E-state index in [1.165, 1.54) is 0 Å². The van der Waals surface area contributed by atoms with Crippen LogP contribution in [-0.2, 0) is 9.53 Å². The third-order valence-corrected chi connectivity index (χ3v) is 4.10. The molecule has 0 fully saturated rings. The van der Waals surface area contributed by atoms with Gasteiger partial charge in [0.2, 0.25) is 0 Å². The lowest BCUT2D eigenvalue weighted by atomic mass is 10.1. The van der Waals surface area contributed by atoms with Crippen molar-refractivity contribution in [3.05, 3.63) is 35.4 Å². The number of nitrogens with zero attached hydrogens (tertiary/aromatic N) is 1. The summed E-state index contributed by atoms with van der Waals surface area (Å²) in [6.07, 6.45) is 1.52. The summed E-state index contributed by atoms with van der Waals surface area (Å²) >= 11 is 16.8. The van der Waals surface area contributed by atoms with Crippen molar-refractivity contribution in [3.8, 4) is 0 Å². The number of imide groups is 1. The molecule has 5 nitrogen and oxygen atoms in total. The van der Waals surface area contributed by atoms with Gasteiger partial charge in [-0.2, -0.15) is 0 Å². The molecule has 0 saturated carbocycles. The summed E-state index contributed by atoms with van der Waals surface area (Å²) in [7, 11) is 0. The van der Waals surface area contributed by atoms with Crippen LogP contribution in [0.4, 0.5) is 0 Å². The topological polar surface area (TPSA) is 63.7 Å². The Morgan fingerprint density at radius 3 is 2.17 bits per heavy atom. The second-order valence-electron chi connectivity index (χ2n) is 5.35. The first-order chi connectivity index (χ1) is 11.3. The van der Waals surface area contributed by atoms with E-state index in [4.69, 9.17) is 39.5 Å². The lowest BCUT2D eigenvalue weighted by molar-refractivity contribution is -0.143. The van der Waals surface area contributed by atoms with Crippen molar-refractivity contribution < 1.29 is 19.1 Å². The van der Waals surface area contributed by atoms with Crippen LogP contribution in [0.5, 0.6) is 0 Å². The Labute approximate surface area is 154 Å². The maximum Gasteiger partial charge on any atom is 0.307 e. The molecule has 1 heterocycles. The van der Waals surface area contributed by atoms with Crippen LogP contribution in [0.3, 0.4) is 0 Å². The Bertz CT molecular complexity index is 607. The predicted molar refractivity (Wildman–Crippen MR) is 91.5 cm³/mol. The predicted octanol–water partition coefficient (Wildman–Crippen LogP) is 3.76. The molecule has 1 aliphatic heterocycles. The number of rotatable bonds is 7. The maximum absolute atomic E-state index is 12.1. The monoisotopic (exact) mass is 391 g/mol. The van der Waals surface area contributed by atoms with Gasteiger partial charge in [0, 0.05) is 6.54 Å².